The van der Waals surface area contributed by atoms with Crippen LogP contribution >= 0.6 is 0 Å². The average Bonchev–Trinajstić information content (AvgIpc) is 2.68. The molecule has 1 aliphatic heterocycles. The number of aromatic nitrogens is 2. The molecule has 1 aromatic carbocycles. The summed E-state index contributed by atoms with van der Waals surface area (Å²) in [7, 11) is 3.22. The average molecular weight is 344 g/mol. The van der Waals surface area contributed by atoms with E-state index in [2.05, 4.69) is 19.8 Å². The van der Waals surface area contributed by atoms with Crippen molar-refractivity contribution in [2.75, 3.05) is 51.8 Å². The number of anilines is 1. The first-order chi connectivity index (χ1) is 12.2. The van der Waals surface area contributed by atoms with E-state index in [0.29, 0.717) is 18.0 Å². The third-order valence-electron chi connectivity index (χ3n) is 4.43. The molecule has 1 unspecified atom stereocenters. The lowest BCUT2D eigenvalue weighted by Crippen LogP contribution is -2.48. The molecule has 1 N–H and O–H groups in total. The third-order valence-corrected chi connectivity index (χ3v) is 4.43. The number of methoxy groups -OCH3 is 2. The quantitative estimate of drug-likeness (QED) is 0.848. The van der Waals surface area contributed by atoms with Gasteiger partial charge < -0.3 is 19.5 Å². The van der Waals surface area contributed by atoms with Crippen LogP contribution in [0.4, 0.5) is 5.95 Å². The van der Waals surface area contributed by atoms with E-state index in [1.165, 1.54) is 0 Å². The predicted octanol–water partition coefficient (Wildman–Crippen LogP) is 1.35. The summed E-state index contributed by atoms with van der Waals surface area (Å²) in [5.41, 5.74) is 0.746. The monoisotopic (exact) mass is 344 g/mol. The van der Waals surface area contributed by atoms with E-state index in [0.717, 1.165) is 37.7 Å². The maximum absolute atomic E-state index is 10.7. The summed E-state index contributed by atoms with van der Waals surface area (Å²) in [6, 6.07) is 7.30. The van der Waals surface area contributed by atoms with E-state index < -0.39 is 6.10 Å². The fourth-order valence-electron chi connectivity index (χ4n) is 3.03. The Labute approximate surface area is 147 Å². The van der Waals surface area contributed by atoms with Gasteiger partial charge in [-0.25, -0.2) is 9.97 Å². The lowest BCUT2D eigenvalue weighted by molar-refractivity contribution is 0.107. The first-order valence-electron chi connectivity index (χ1n) is 8.35. The third kappa shape index (κ3) is 4.18. The summed E-state index contributed by atoms with van der Waals surface area (Å²) < 4.78 is 10.6. The second kappa shape index (κ2) is 8.13. The maximum atomic E-state index is 10.7. The van der Waals surface area contributed by atoms with Crippen LogP contribution in [-0.4, -0.2) is 66.9 Å². The van der Waals surface area contributed by atoms with Gasteiger partial charge in [0.05, 0.1) is 20.3 Å². The van der Waals surface area contributed by atoms with Gasteiger partial charge in [-0.2, -0.15) is 0 Å². The molecule has 1 atom stereocenters. The van der Waals surface area contributed by atoms with Crippen molar-refractivity contribution in [1.82, 2.24) is 14.9 Å². The van der Waals surface area contributed by atoms with Gasteiger partial charge >= 0.3 is 0 Å². The van der Waals surface area contributed by atoms with Gasteiger partial charge in [0.25, 0.3) is 0 Å². The Bertz CT molecular complexity index is 675. The maximum Gasteiger partial charge on any atom is 0.225 e. The molecule has 2 aromatic rings. The number of hydrogen-bond acceptors (Lipinski definition) is 7. The van der Waals surface area contributed by atoms with Gasteiger partial charge in [0.15, 0.2) is 0 Å². The van der Waals surface area contributed by atoms with Crippen LogP contribution in [0.15, 0.2) is 36.7 Å². The fourth-order valence-corrected chi connectivity index (χ4v) is 3.03. The van der Waals surface area contributed by atoms with Gasteiger partial charge in [0.1, 0.15) is 11.5 Å². The minimum atomic E-state index is -0.635. The number of hydrogen-bond donors (Lipinski definition) is 1. The van der Waals surface area contributed by atoms with E-state index in [1.807, 2.05) is 24.3 Å². The van der Waals surface area contributed by atoms with Crippen LogP contribution in [0.1, 0.15) is 11.7 Å². The summed E-state index contributed by atoms with van der Waals surface area (Å²) in [5.74, 6) is 2.14. The first kappa shape index (κ1) is 17.4. The molecule has 1 saturated heterocycles. The highest BCUT2D eigenvalue weighted by atomic mass is 16.5. The summed E-state index contributed by atoms with van der Waals surface area (Å²) in [5, 5.41) is 10.7. The van der Waals surface area contributed by atoms with E-state index in [9.17, 15) is 5.11 Å². The highest BCUT2D eigenvalue weighted by Crippen LogP contribution is 2.30. The van der Waals surface area contributed by atoms with Crippen LogP contribution in [0.2, 0.25) is 0 Å². The highest BCUT2D eigenvalue weighted by molar-refractivity contribution is 5.41. The molecule has 25 heavy (non-hydrogen) atoms. The van der Waals surface area contributed by atoms with E-state index in [1.54, 1.807) is 26.6 Å². The Hall–Kier alpha value is -2.38. The predicted molar refractivity (Wildman–Crippen MR) is 95.2 cm³/mol. The van der Waals surface area contributed by atoms with Crippen LogP contribution < -0.4 is 14.4 Å². The minimum Gasteiger partial charge on any atom is -0.497 e. The number of β-amino-alcohol motifs (C(OH)–C–C–N with tert-alkyl or cyclic N) is 1. The molecular weight excluding hydrogens is 320 g/mol. The van der Waals surface area contributed by atoms with Crippen LogP contribution in [0.5, 0.6) is 11.5 Å². The molecule has 0 spiro atoms. The number of aliphatic hydroxyl groups excluding tert-OH is 1. The van der Waals surface area contributed by atoms with Crippen molar-refractivity contribution >= 4 is 5.95 Å². The number of rotatable bonds is 6. The molecule has 2 heterocycles. The molecule has 134 valence electrons. The largest absolute Gasteiger partial charge is 0.497 e. The van der Waals surface area contributed by atoms with E-state index in [4.69, 9.17) is 9.47 Å². The Kier molecular flexibility index (Phi) is 5.67. The number of nitrogens with zero attached hydrogens (tertiary/aromatic N) is 4. The molecule has 0 amide bonds. The minimum absolute atomic E-state index is 0.549. The standard InChI is InChI=1S/C18H24N4O3/c1-24-14-4-5-17(25-2)15(12-14)16(23)13-21-8-10-22(11-9-21)18-19-6-3-7-20-18/h3-7,12,16,23H,8-11,13H2,1-2H3. The van der Waals surface area contributed by atoms with Crippen molar-refractivity contribution in [3.63, 3.8) is 0 Å². The smallest absolute Gasteiger partial charge is 0.225 e. The first-order valence-corrected chi connectivity index (χ1v) is 8.35. The Morgan fingerprint density at radius 1 is 1.08 bits per heavy atom. The zero-order chi connectivity index (χ0) is 17.6. The lowest BCUT2D eigenvalue weighted by atomic mass is 10.1. The van der Waals surface area contributed by atoms with E-state index >= 15 is 0 Å². The van der Waals surface area contributed by atoms with Gasteiger partial charge in [-0.05, 0) is 24.3 Å². The fraction of sp³-hybridized carbons (Fsp3) is 0.444. The summed E-state index contributed by atoms with van der Waals surface area (Å²) in [6.45, 7) is 3.92. The number of benzene rings is 1. The number of piperazine rings is 1. The van der Waals surface area contributed by atoms with Crippen molar-refractivity contribution in [3.05, 3.63) is 42.2 Å². The van der Waals surface area contributed by atoms with Crippen molar-refractivity contribution < 1.29 is 14.6 Å². The lowest BCUT2D eigenvalue weighted by Gasteiger charge is -2.35. The Morgan fingerprint density at radius 2 is 1.80 bits per heavy atom. The van der Waals surface area contributed by atoms with Gasteiger partial charge in [-0.15, -0.1) is 0 Å². The zero-order valence-corrected chi connectivity index (χ0v) is 14.6. The summed E-state index contributed by atoms with van der Waals surface area (Å²) in [4.78, 5) is 13.0. The van der Waals surface area contributed by atoms with Gasteiger partial charge in [-0.1, -0.05) is 0 Å². The molecule has 0 aliphatic carbocycles. The van der Waals surface area contributed by atoms with Gasteiger partial charge in [0, 0.05) is 50.7 Å². The number of ether oxygens (including phenoxy) is 2. The molecule has 0 saturated carbocycles. The highest BCUT2D eigenvalue weighted by Gasteiger charge is 2.23. The second-order valence-corrected chi connectivity index (χ2v) is 5.96. The normalized spacial score (nSPS) is 16.5. The molecule has 7 nitrogen and oxygen atoms in total. The molecular formula is C18H24N4O3. The second-order valence-electron chi connectivity index (χ2n) is 5.96. The molecule has 1 aliphatic rings. The van der Waals surface area contributed by atoms with Gasteiger partial charge in [0.2, 0.25) is 5.95 Å². The summed E-state index contributed by atoms with van der Waals surface area (Å²) in [6.07, 6.45) is 2.88. The van der Waals surface area contributed by atoms with Crippen LogP contribution in [0, 0.1) is 0 Å². The molecule has 0 bridgehead atoms. The Balaban J connectivity index is 1.60. The van der Waals surface area contributed by atoms with Crippen LogP contribution in [0.25, 0.3) is 0 Å². The van der Waals surface area contributed by atoms with E-state index in [-0.39, 0.29) is 0 Å². The Morgan fingerprint density at radius 3 is 2.44 bits per heavy atom. The zero-order valence-electron chi connectivity index (χ0n) is 14.6. The molecule has 1 aromatic heterocycles. The SMILES string of the molecule is COc1ccc(OC)c(C(O)CN2CCN(c3ncccn3)CC2)c1. The molecule has 3 rings (SSSR count). The molecule has 0 radical (unpaired) electrons. The van der Waals surface area contributed by atoms with Crippen LogP contribution in [-0.2, 0) is 0 Å². The topological polar surface area (TPSA) is 71.0 Å². The van der Waals surface area contributed by atoms with Crippen molar-refractivity contribution in [2.45, 2.75) is 6.10 Å². The molecule has 7 heteroatoms. The summed E-state index contributed by atoms with van der Waals surface area (Å²) >= 11 is 0. The molecule has 1 fully saturated rings. The van der Waals surface area contributed by atoms with Crippen LogP contribution in [0.3, 0.4) is 0 Å². The van der Waals surface area contributed by atoms with Crippen molar-refractivity contribution in [2.24, 2.45) is 0 Å². The number of aliphatic hydroxyl groups is 1. The van der Waals surface area contributed by atoms with Crippen molar-refractivity contribution in [3.8, 4) is 11.5 Å². The van der Waals surface area contributed by atoms with Crippen molar-refractivity contribution in [1.29, 1.82) is 0 Å². The van der Waals surface area contributed by atoms with Gasteiger partial charge in [-0.3, -0.25) is 4.90 Å².